The van der Waals surface area contributed by atoms with Gasteiger partial charge in [-0.2, -0.15) is 5.26 Å². The smallest absolute Gasteiger partial charge is 0.269 e. The van der Waals surface area contributed by atoms with Gasteiger partial charge in [-0.1, -0.05) is 12.2 Å². The minimum absolute atomic E-state index is 0.106. The quantitative estimate of drug-likeness (QED) is 0.457. The third-order valence-electron chi connectivity index (χ3n) is 4.96. The first-order chi connectivity index (χ1) is 12.9. The van der Waals surface area contributed by atoms with E-state index in [2.05, 4.69) is 15.9 Å². The number of aryl methyl sites for hydroxylation is 2. The number of non-ortho nitro benzene ring substituents is 1. The predicted octanol–water partition coefficient (Wildman–Crippen LogP) is 3.39. The highest BCUT2D eigenvalue weighted by Crippen LogP contribution is 2.21. The van der Waals surface area contributed by atoms with Crippen LogP contribution in [-0.2, 0) is 6.67 Å². The highest BCUT2D eigenvalue weighted by atomic mass is 32.1. The molecular weight excluding hydrogens is 362 g/mol. The van der Waals surface area contributed by atoms with Crippen molar-refractivity contribution in [2.24, 2.45) is 0 Å². The van der Waals surface area contributed by atoms with Crippen LogP contribution < -0.4 is 4.90 Å². The fourth-order valence-corrected chi connectivity index (χ4v) is 3.78. The number of anilines is 1. The Labute approximate surface area is 163 Å². The summed E-state index contributed by atoms with van der Waals surface area (Å²) in [7, 11) is 0. The Morgan fingerprint density at radius 2 is 1.81 bits per heavy atom. The van der Waals surface area contributed by atoms with Gasteiger partial charge in [0.25, 0.3) is 5.69 Å². The molecule has 7 nitrogen and oxygen atoms in total. The van der Waals surface area contributed by atoms with Crippen LogP contribution >= 0.6 is 12.2 Å². The molecule has 8 heteroatoms. The van der Waals surface area contributed by atoms with E-state index in [1.807, 2.05) is 24.5 Å². The number of nitriles is 1. The zero-order chi connectivity index (χ0) is 19.6. The maximum Gasteiger partial charge on any atom is 0.269 e. The average Bonchev–Trinajstić information content (AvgIpc) is 2.66. The van der Waals surface area contributed by atoms with E-state index in [9.17, 15) is 15.4 Å². The van der Waals surface area contributed by atoms with Gasteiger partial charge in [-0.25, -0.2) is 0 Å². The number of hydrogen-bond acceptors (Lipinski definition) is 6. The van der Waals surface area contributed by atoms with Crippen molar-refractivity contribution in [3.05, 3.63) is 61.9 Å². The lowest BCUT2D eigenvalue weighted by Crippen LogP contribution is -2.47. The number of piperazine rings is 1. The summed E-state index contributed by atoms with van der Waals surface area (Å²) in [5, 5.41) is 20.1. The van der Waals surface area contributed by atoms with Crippen molar-refractivity contribution in [2.75, 3.05) is 31.1 Å². The molecule has 0 spiro atoms. The summed E-state index contributed by atoms with van der Waals surface area (Å²) in [4.78, 5) is 14.9. The van der Waals surface area contributed by atoms with Gasteiger partial charge >= 0.3 is 0 Å². The SMILES string of the molecule is Cc1cc(C)n(CN2CCN(c3ccc([N+](=O)[O-])cc3)CC2)c(=S)c1C#N. The summed E-state index contributed by atoms with van der Waals surface area (Å²) >= 11 is 5.52. The van der Waals surface area contributed by atoms with E-state index in [0.717, 1.165) is 43.1 Å². The van der Waals surface area contributed by atoms with Gasteiger partial charge in [-0.05, 0) is 37.6 Å². The molecule has 1 aromatic heterocycles. The van der Waals surface area contributed by atoms with Crippen LogP contribution in [-0.4, -0.2) is 40.6 Å². The van der Waals surface area contributed by atoms with Crippen LogP contribution in [0.5, 0.6) is 0 Å². The second kappa shape index (κ2) is 7.86. The number of nitro benzene ring substituents is 1. The van der Waals surface area contributed by atoms with E-state index in [1.165, 1.54) is 0 Å². The molecule has 1 saturated heterocycles. The van der Waals surface area contributed by atoms with Crippen LogP contribution in [0.4, 0.5) is 11.4 Å². The van der Waals surface area contributed by atoms with E-state index < -0.39 is 0 Å². The molecule has 1 aliphatic heterocycles. The first-order valence-electron chi connectivity index (χ1n) is 8.73. The lowest BCUT2D eigenvalue weighted by molar-refractivity contribution is -0.384. The molecule has 1 fully saturated rings. The molecule has 0 saturated carbocycles. The molecule has 0 aliphatic carbocycles. The fraction of sp³-hybridized carbons (Fsp3) is 0.368. The van der Waals surface area contributed by atoms with Gasteiger partial charge in [0.15, 0.2) is 0 Å². The van der Waals surface area contributed by atoms with Gasteiger partial charge < -0.3 is 9.47 Å². The maximum atomic E-state index is 10.8. The van der Waals surface area contributed by atoms with Gasteiger partial charge in [0.05, 0.1) is 17.2 Å². The lowest BCUT2D eigenvalue weighted by Gasteiger charge is -2.36. The minimum Gasteiger partial charge on any atom is -0.369 e. The van der Waals surface area contributed by atoms with E-state index in [-0.39, 0.29) is 10.6 Å². The number of nitrogens with zero attached hydrogens (tertiary/aromatic N) is 5. The standard InChI is InChI=1S/C19H21N5O2S/c1-14-11-15(2)23(19(27)18(14)12-20)13-21-7-9-22(10-8-21)16-3-5-17(6-4-16)24(25)26/h3-6,11H,7-10,13H2,1-2H3. The Morgan fingerprint density at radius 1 is 1.19 bits per heavy atom. The number of aromatic nitrogens is 1. The van der Waals surface area contributed by atoms with E-state index in [1.54, 1.807) is 24.3 Å². The number of hydrogen-bond donors (Lipinski definition) is 0. The van der Waals surface area contributed by atoms with Crippen LogP contribution in [0, 0.1) is 39.9 Å². The van der Waals surface area contributed by atoms with E-state index >= 15 is 0 Å². The van der Waals surface area contributed by atoms with Crippen LogP contribution in [0.1, 0.15) is 16.8 Å². The second-order valence-electron chi connectivity index (χ2n) is 6.71. The minimum atomic E-state index is -0.384. The molecule has 1 aromatic carbocycles. The molecule has 27 heavy (non-hydrogen) atoms. The highest BCUT2D eigenvalue weighted by molar-refractivity contribution is 7.71. The average molecular weight is 383 g/mol. The van der Waals surface area contributed by atoms with Crippen molar-refractivity contribution in [1.29, 1.82) is 5.26 Å². The number of pyridine rings is 1. The molecule has 2 heterocycles. The monoisotopic (exact) mass is 383 g/mol. The van der Waals surface area contributed by atoms with Crippen LogP contribution in [0.25, 0.3) is 0 Å². The van der Waals surface area contributed by atoms with Crippen molar-refractivity contribution >= 4 is 23.6 Å². The lowest BCUT2D eigenvalue weighted by atomic mass is 10.1. The van der Waals surface area contributed by atoms with Crippen LogP contribution in [0.2, 0.25) is 0 Å². The van der Waals surface area contributed by atoms with Crippen molar-refractivity contribution in [3.8, 4) is 6.07 Å². The van der Waals surface area contributed by atoms with Gasteiger partial charge in [0.2, 0.25) is 0 Å². The molecule has 0 atom stereocenters. The Bertz CT molecular complexity index is 954. The molecule has 0 amide bonds. The number of rotatable bonds is 4. The molecule has 2 aromatic rings. The van der Waals surface area contributed by atoms with Gasteiger partial charge in [0.1, 0.15) is 10.7 Å². The predicted molar refractivity (Wildman–Crippen MR) is 106 cm³/mol. The molecule has 0 bridgehead atoms. The summed E-state index contributed by atoms with van der Waals surface area (Å²) in [6, 6.07) is 10.9. The number of nitro groups is 1. The summed E-state index contributed by atoms with van der Waals surface area (Å²) < 4.78 is 2.61. The molecule has 140 valence electrons. The first-order valence-corrected chi connectivity index (χ1v) is 9.14. The van der Waals surface area contributed by atoms with Gasteiger partial charge in [-0.3, -0.25) is 15.0 Å². The molecule has 0 unspecified atom stereocenters. The Balaban J connectivity index is 1.68. The van der Waals surface area contributed by atoms with Gasteiger partial charge in [-0.15, -0.1) is 0 Å². The molecule has 1 aliphatic rings. The summed E-state index contributed by atoms with van der Waals surface area (Å²) in [5.74, 6) is 0. The Hall–Kier alpha value is -2.76. The first kappa shape index (κ1) is 19.0. The topological polar surface area (TPSA) is 78.3 Å². The molecular formula is C19H21N5O2S. The van der Waals surface area contributed by atoms with Crippen molar-refractivity contribution in [3.63, 3.8) is 0 Å². The van der Waals surface area contributed by atoms with Crippen molar-refractivity contribution < 1.29 is 4.92 Å². The highest BCUT2D eigenvalue weighted by Gasteiger charge is 2.19. The normalized spacial score (nSPS) is 14.8. The van der Waals surface area contributed by atoms with E-state index in [4.69, 9.17) is 12.2 Å². The third-order valence-corrected chi connectivity index (χ3v) is 5.38. The molecule has 0 radical (unpaired) electrons. The fourth-order valence-electron chi connectivity index (χ4n) is 3.37. The second-order valence-corrected chi connectivity index (χ2v) is 7.10. The van der Waals surface area contributed by atoms with Crippen LogP contribution in [0.3, 0.4) is 0 Å². The zero-order valence-corrected chi connectivity index (χ0v) is 16.2. The van der Waals surface area contributed by atoms with Crippen molar-refractivity contribution in [1.82, 2.24) is 9.47 Å². The molecule has 0 N–H and O–H groups in total. The molecule has 3 rings (SSSR count). The van der Waals surface area contributed by atoms with Crippen molar-refractivity contribution in [2.45, 2.75) is 20.5 Å². The van der Waals surface area contributed by atoms with Crippen LogP contribution in [0.15, 0.2) is 30.3 Å². The number of benzene rings is 1. The largest absolute Gasteiger partial charge is 0.369 e. The zero-order valence-electron chi connectivity index (χ0n) is 15.4. The summed E-state index contributed by atoms with van der Waals surface area (Å²) in [5.41, 5.74) is 3.64. The summed E-state index contributed by atoms with van der Waals surface area (Å²) in [6.07, 6.45) is 0. The Morgan fingerprint density at radius 3 is 2.37 bits per heavy atom. The maximum absolute atomic E-state index is 10.8. The summed E-state index contributed by atoms with van der Waals surface area (Å²) in [6.45, 7) is 7.96. The Kier molecular flexibility index (Phi) is 5.54. The van der Waals surface area contributed by atoms with E-state index in [0.29, 0.717) is 16.9 Å². The van der Waals surface area contributed by atoms with Gasteiger partial charge in [0, 0.05) is 49.7 Å². The third kappa shape index (κ3) is 3.99.